The zero-order valence-corrected chi connectivity index (χ0v) is 16.4. The van der Waals surface area contributed by atoms with Crippen LogP contribution in [0.2, 0.25) is 0 Å². The van der Waals surface area contributed by atoms with Crippen molar-refractivity contribution in [2.45, 2.75) is 71.2 Å². The summed E-state index contributed by atoms with van der Waals surface area (Å²) in [5.41, 5.74) is 1.09. The van der Waals surface area contributed by atoms with Gasteiger partial charge in [0, 0.05) is 43.5 Å². The number of rotatable bonds is 6. The molecule has 0 spiro atoms. The van der Waals surface area contributed by atoms with Crippen LogP contribution in [0.25, 0.3) is 0 Å². The molecule has 2 aliphatic rings. The third kappa shape index (κ3) is 2.89. The van der Waals surface area contributed by atoms with Crippen LogP contribution in [0.5, 0.6) is 0 Å². The van der Waals surface area contributed by atoms with Crippen LogP contribution in [0, 0.1) is 5.41 Å². The van der Waals surface area contributed by atoms with Gasteiger partial charge in [-0.25, -0.2) is 4.98 Å². The summed E-state index contributed by atoms with van der Waals surface area (Å²) in [5.74, 6) is 0.0998. The molecule has 0 aromatic carbocycles. The number of nitrogens with zero attached hydrogens (tertiary/aromatic N) is 3. The number of anilines is 1. The van der Waals surface area contributed by atoms with E-state index in [0.717, 1.165) is 36.6 Å². The highest BCUT2D eigenvalue weighted by molar-refractivity contribution is 7.14. The minimum absolute atomic E-state index is 0.0590. The van der Waals surface area contributed by atoms with E-state index in [1.165, 1.54) is 0 Å². The Labute approximate surface area is 149 Å². The van der Waals surface area contributed by atoms with E-state index in [1.54, 1.807) is 25.4 Å². The Morgan fingerprint density at radius 1 is 1.42 bits per heavy atom. The second-order valence-corrected chi connectivity index (χ2v) is 8.87. The highest BCUT2D eigenvalue weighted by atomic mass is 32.1. The molecule has 3 rings (SSSR count). The Morgan fingerprint density at radius 3 is 2.58 bits per heavy atom. The Morgan fingerprint density at radius 2 is 2.08 bits per heavy atom. The molecule has 0 saturated heterocycles. The number of hydrogen-bond donors (Lipinski definition) is 0. The van der Waals surface area contributed by atoms with Crippen LogP contribution in [0.1, 0.15) is 52.7 Å². The average Bonchev–Trinajstić information content (AvgIpc) is 3.23. The maximum Gasteiger partial charge on any atom is 0.225 e. The van der Waals surface area contributed by atoms with E-state index in [4.69, 9.17) is 9.72 Å². The normalized spacial score (nSPS) is 28.7. The van der Waals surface area contributed by atoms with Crippen molar-refractivity contribution in [3.05, 3.63) is 11.1 Å². The van der Waals surface area contributed by atoms with Gasteiger partial charge in [0.15, 0.2) is 5.13 Å². The van der Waals surface area contributed by atoms with Gasteiger partial charge in [-0.05, 0) is 33.2 Å². The molecule has 1 aromatic rings. The number of carbonyl (C=O) groups is 1. The van der Waals surface area contributed by atoms with Crippen molar-refractivity contribution in [3.8, 4) is 0 Å². The van der Waals surface area contributed by atoms with Crippen LogP contribution < -0.4 is 4.90 Å². The molecular weight excluding hydrogens is 322 g/mol. The summed E-state index contributed by atoms with van der Waals surface area (Å²) in [7, 11) is 3.96. The van der Waals surface area contributed by atoms with Crippen LogP contribution in [0.3, 0.4) is 0 Å². The summed E-state index contributed by atoms with van der Waals surface area (Å²) in [6, 6.07) is 0.840. The third-order valence-corrected chi connectivity index (χ3v) is 7.06. The second-order valence-electron chi connectivity index (χ2n) is 8.03. The first-order valence-corrected chi connectivity index (χ1v) is 9.57. The van der Waals surface area contributed by atoms with Crippen molar-refractivity contribution in [3.63, 3.8) is 0 Å². The van der Waals surface area contributed by atoms with E-state index in [-0.39, 0.29) is 16.9 Å². The molecule has 6 heteroatoms. The summed E-state index contributed by atoms with van der Waals surface area (Å²) in [5, 5.41) is 2.94. The summed E-state index contributed by atoms with van der Waals surface area (Å²) in [4.78, 5) is 20.8. The molecule has 2 saturated carbocycles. The van der Waals surface area contributed by atoms with Gasteiger partial charge in [-0.3, -0.25) is 14.6 Å². The Kier molecular flexibility index (Phi) is 4.51. The van der Waals surface area contributed by atoms with E-state index in [1.807, 2.05) is 4.90 Å². The number of carbonyl (C=O) groups excluding carboxylic acids is 1. The molecule has 24 heavy (non-hydrogen) atoms. The molecule has 1 heterocycles. The molecule has 0 radical (unpaired) electrons. The molecule has 0 bridgehead atoms. The van der Waals surface area contributed by atoms with Crippen LogP contribution in [-0.4, -0.2) is 47.6 Å². The number of ether oxygens (including phenoxy) is 1. The van der Waals surface area contributed by atoms with Crippen molar-refractivity contribution in [1.29, 1.82) is 0 Å². The minimum atomic E-state index is -0.0590. The predicted molar refractivity (Wildman–Crippen MR) is 97.4 cm³/mol. The molecule has 1 aromatic heterocycles. The Balaban J connectivity index is 1.66. The van der Waals surface area contributed by atoms with Crippen LogP contribution >= 0.6 is 11.3 Å². The van der Waals surface area contributed by atoms with E-state index in [0.29, 0.717) is 12.1 Å². The number of thiazole rings is 1. The SMILES string of the molecule is CO[C@@]1(C)C[C@H](N(C)Cc2csc(N(C(C)=O)C3CC3)n2)C1(C)C. The van der Waals surface area contributed by atoms with Crippen LogP contribution in [0.4, 0.5) is 5.13 Å². The summed E-state index contributed by atoms with van der Waals surface area (Å²) in [6.07, 6.45) is 3.23. The van der Waals surface area contributed by atoms with Gasteiger partial charge in [-0.15, -0.1) is 11.3 Å². The average molecular weight is 352 g/mol. The Hall–Kier alpha value is -0.980. The molecule has 134 valence electrons. The van der Waals surface area contributed by atoms with Gasteiger partial charge in [-0.1, -0.05) is 13.8 Å². The molecule has 2 aliphatic carbocycles. The minimum Gasteiger partial charge on any atom is -0.378 e. The summed E-state index contributed by atoms with van der Waals surface area (Å²) in [6.45, 7) is 9.18. The number of hydrogen-bond acceptors (Lipinski definition) is 5. The number of aromatic nitrogens is 1. The monoisotopic (exact) mass is 351 g/mol. The molecule has 2 fully saturated rings. The van der Waals surface area contributed by atoms with Crippen LogP contribution in [0.15, 0.2) is 5.38 Å². The first kappa shape index (κ1) is 17.8. The third-order valence-electron chi connectivity index (χ3n) is 6.17. The van der Waals surface area contributed by atoms with Crippen molar-refractivity contribution in [2.75, 3.05) is 19.1 Å². The standard InChI is InChI=1S/C18H29N3O2S/c1-12(22)21(14-7-8-14)16-19-13(11-24-16)10-20(5)15-9-18(4,23-6)17(15,2)3/h11,14-15H,7-10H2,1-6H3/t15-,18-/m0/s1. The topological polar surface area (TPSA) is 45.7 Å². The molecule has 2 atom stereocenters. The highest BCUT2D eigenvalue weighted by Crippen LogP contribution is 2.53. The number of amides is 1. The van der Waals surface area contributed by atoms with Crippen molar-refractivity contribution >= 4 is 22.4 Å². The van der Waals surface area contributed by atoms with Gasteiger partial charge < -0.3 is 4.74 Å². The molecule has 5 nitrogen and oxygen atoms in total. The maximum atomic E-state index is 11.9. The fourth-order valence-corrected chi connectivity index (χ4v) is 4.82. The Bertz CT molecular complexity index is 626. The molecular formula is C18H29N3O2S. The summed E-state index contributed by atoms with van der Waals surface area (Å²) < 4.78 is 5.73. The lowest BCUT2D eigenvalue weighted by Gasteiger charge is -2.61. The largest absolute Gasteiger partial charge is 0.378 e. The molecule has 0 N–H and O–H groups in total. The lowest BCUT2D eigenvalue weighted by atomic mass is 9.55. The fourth-order valence-electron chi connectivity index (χ4n) is 3.89. The smallest absolute Gasteiger partial charge is 0.225 e. The predicted octanol–water partition coefficient (Wildman–Crippen LogP) is 3.29. The van der Waals surface area contributed by atoms with Gasteiger partial charge >= 0.3 is 0 Å². The van der Waals surface area contributed by atoms with Gasteiger partial charge in [0.05, 0.1) is 11.3 Å². The fraction of sp³-hybridized carbons (Fsp3) is 0.778. The van der Waals surface area contributed by atoms with Crippen molar-refractivity contribution in [2.24, 2.45) is 5.41 Å². The lowest BCUT2D eigenvalue weighted by molar-refractivity contribution is -0.207. The zero-order chi connectivity index (χ0) is 17.7. The first-order valence-electron chi connectivity index (χ1n) is 8.69. The molecule has 0 unspecified atom stereocenters. The van der Waals surface area contributed by atoms with E-state index in [2.05, 4.69) is 38.1 Å². The zero-order valence-electron chi connectivity index (χ0n) is 15.6. The van der Waals surface area contributed by atoms with E-state index < -0.39 is 0 Å². The highest BCUT2D eigenvalue weighted by Gasteiger charge is 2.58. The first-order chi connectivity index (χ1) is 11.2. The van der Waals surface area contributed by atoms with Crippen LogP contribution in [-0.2, 0) is 16.1 Å². The molecule has 0 aliphatic heterocycles. The van der Waals surface area contributed by atoms with Gasteiger partial charge in [0.2, 0.25) is 5.91 Å². The second kappa shape index (κ2) is 6.07. The quantitative estimate of drug-likeness (QED) is 0.789. The summed E-state index contributed by atoms with van der Waals surface area (Å²) >= 11 is 1.58. The van der Waals surface area contributed by atoms with E-state index in [9.17, 15) is 4.79 Å². The maximum absolute atomic E-state index is 11.9. The van der Waals surface area contributed by atoms with Crippen molar-refractivity contribution in [1.82, 2.24) is 9.88 Å². The van der Waals surface area contributed by atoms with Gasteiger partial charge in [0.1, 0.15) is 0 Å². The molecule has 1 amide bonds. The van der Waals surface area contributed by atoms with Gasteiger partial charge in [0.25, 0.3) is 0 Å². The van der Waals surface area contributed by atoms with Crippen molar-refractivity contribution < 1.29 is 9.53 Å². The van der Waals surface area contributed by atoms with Gasteiger partial charge in [-0.2, -0.15) is 0 Å². The lowest BCUT2D eigenvalue weighted by Crippen LogP contribution is -2.67. The van der Waals surface area contributed by atoms with E-state index >= 15 is 0 Å². The number of methoxy groups -OCH3 is 1.